The fourth-order valence-electron chi connectivity index (χ4n) is 1.27. The van der Waals surface area contributed by atoms with Crippen molar-refractivity contribution in [2.45, 2.75) is 51.6 Å². The van der Waals surface area contributed by atoms with E-state index in [0.29, 0.717) is 0 Å². The number of hydrogen-bond acceptors (Lipinski definition) is 2. The summed E-state index contributed by atoms with van der Waals surface area (Å²) in [4.78, 5) is 0. The first-order chi connectivity index (χ1) is 6.81. The molecular formula is C12H22O2. The molecule has 0 amide bonds. The molecule has 0 aromatic rings. The Morgan fingerprint density at radius 2 is 1.93 bits per heavy atom. The van der Waals surface area contributed by atoms with Gasteiger partial charge in [-0.1, -0.05) is 19.3 Å². The number of aliphatic hydroxyl groups is 2. The van der Waals surface area contributed by atoms with Crippen molar-refractivity contribution in [3.8, 4) is 0 Å². The van der Waals surface area contributed by atoms with Gasteiger partial charge in [0.25, 0.3) is 0 Å². The van der Waals surface area contributed by atoms with Crippen molar-refractivity contribution >= 4 is 0 Å². The van der Waals surface area contributed by atoms with Gasteiger partial charge >= 0.3 is 0 Å². The second kappa shape index (κ2) is 10.5. The molecule has 1 unspecified atom stereocenters. The fraction of sp³-hybridized carbons (Fsp3) is 0.750. The number of aliphatic hydroxyl groups excluding tert-OH is 2. The van der Waals surface area contributed by atoms with Gasteiger partial charge in [0.05, 0.1) is 12.7 Å². The Morgan fingerprint density at radius 1 is 1.21 bits per heavy atom. The van der Waals surface area contributed by atoms with E-state index in [1.165, 1.54) is 12.8 Å². The maximum Gasteiger partial charge on any atom is 0.0770 e. The molecule has 0 aliphatic heterocycles. The summed E-state index contributed by atoms with van der Waals surface area (Å²) < 4.78 is 0. The zero-order valence-electron chi connectivity index (χ0n) is 9.08. The van der Waals surface area contributed by atoms with Gasteiger partial charge in [-0.15, -0.1) is 5.73 Å². The molecule has 0 aromatic heterocycles. The number of hydrogen-bond donors (Lipinski definition) is 2. The topological polar surface area (TPSA) is 40.5 Å². The Balaban J connectivity index is 3.10. The lowest BCUT2D eigenvalue weighted by atomic mass is 10.1. The molecule has 0 spiro atoms. The third-order valence-electron chi connectivity index (χ3n) is 2.13. The maximum absolute atomic E-state index is 9.06. The Morgan fingerprint density at radius 3 is 2.57 bits per heavy atom. The summed E-state index contributed by atoms with van der Waals surface area (Å²) in [5.74, 6) is 0. The van der Waals surface area contributed by atoms with Gasteiger partial charge < -0.3 is 10.2 Å². The Hall–Kier alpha value is -0.560. The molecule has 0 aliphatic rings. The first-order valence-corrected chi connectivity index (χ1v) is 5.45. The maximum atomic E-state index is 9.06. The monoisotopic (exact) mass is 198 g/mol. The van der Waals surface area contributed by atoms with Crippen LogP contribution in [-0.2, 0) is 0 Å². The van der Waals surface area contributed by atoms with Gasteiger partial charge in [-0.2, -0.15) is 0 Å². The third-order valence-corrected chi connectivity index (χ3v) is 2.13. The van der Waals surface area contributed by atoms with Crippen molar-refractivity contribution in [1.29, 1.82) is 0 Å². The molecule has 2 nitrogen and oxygen atoms in total. The lowest BCUT2D eigenvalue weighted by Crippen LogP contribution is -2.10. The molecule has 82 valence electrons. The zero-order valence-corrected chi connectivity index (χ0v) is 9.08. The number of rotatable bonds is 8. The molecule has 0 aromatic carbocycles. The van der Waals surface area contributed by atoms with Crippen molar-refractivity contribution in [3.05, 3.63) is 17.9 Å². The lowest BCUT2D eigenvalue weighted by Gasteiger charge is -2.05. The van der Waals surface area contributed by atoms with Gasteiger partial charge in [0, 0.05) is 0 Å². The summed E-state index contributed by atoms with van der Waals surface area (Å²) in [7, 11) is 0. The second-order valence-electron chi connectivity index (χ2n) is 3.49. The van der Waals surface area contributed by atoms with Crippen LogP contribution in [0.25, 0.3) is 0 Å². The zero-order chi connectivity index (χ0) is 10.6. The first kappa shape index (κ1) is 13.4. The molecule has 0 fully saturated rings. The minimum absolute atomic E-state index is 0.107. The second-order valence-corrected chi connectivity index (χ2v) is 3.49. The summed E-state index contributed by atoms with van der Waals surface area (Å²) in [5.41, 5.74) is 3.04. The molecule has 0 heterocycles. The van der Waals surface area contributed by atoms with Gasteiger partial charge in [0.15, 0.2) is 0 Å². The van der Waals surface area contributed by atoms with Crippen LogP contribution >= 0.6 is 0 Å². The van der Waals surface area contributed by atoms with E-state index in [2.05, 4.69) is 11.8 Å². The van der Waals surface area contributed by atoms with Gasteiger partial charge in [-0.05, 0) is 38.3 Å². The van der Waals surface area contributed by atoms with Gasteiger partial charge in [0.2, 0.25) is 0 Å². The van der Waals surface area contributed by atoms with Crippen molar-refractivity contribution in [2.24, 2.45) is 0 Å². The summed E-state index contributed by atoms with van der Waals surface area (Å²) in [5, 5.41) is 17.6. The highest BCUT2D eigenvalue weighted by atomic mass is 16.3. The Labute approximate surface area is 87.0 Å². The van der Waals surface area contributed by atoms with Gasteiger partial charge in [-0.3, -0.25) is 0 Å². The lowest BCUT2D eigenvalue weighted by molar-refractivity contribution is 0.0860. The van der Waals surface area contributed by atoms with Crippen LogP contribution in [0.3, 0.4) is 0 Å². The molecule has 0 aliphatic carbocycles. The molecule has 0 radical (unpaired) electrons. The molecule has 2 heteroatoms. The van der Waals surface area contributed by atoms with E-state index in [0.717, 1.165) is 25.7 Å². The van der Waals surface area contributed by atoms with Gasteiger partial charge in [-0.25, -0.2) is 0 Å². The van der Waals surface area contributed by atoms with Crippen LogP contribution in [0.4, 0.5) is 0 Å². The first-order valence-electron chi connectivity index (χ1n) is 5.45. The van der Waals surface area contributed by atoms with Crippen LogP contribution in [0.1, 0.15) is 45.4 Å². The summed E-state index contributed by atoms with van der Waals surface area (Å²) in [6.45, 7) is 1.86. The van der Waals surface area contributed by atoms with E-state index >= 15 is 0 Å². The van der Waals surface area contributed by atoms with Crippen LogP contribution in [0.15, 0.2) is 17.9 Å². The largest absolute Gasteiger partial charge is 0.394 e. The standard InChI is InChI=1S/C12H22O2/c1-2-3-4-5-6-7-8-9-10-12(14)11-13/h2,4,12-14H,5-11H2,1H3. The highest BCUT2D eigenvalue weighted by molar-refractivity contribution is 4.81. The Bertz CT molecular complexity index is 169. The number of unbranched alkanes of at least 4 members (excludes halogenated alkanes) is 4. The van der Waals surface area contributed by atoms with Crippen molar-refractivity contribution in [2.75, 3.05) is 6.61 Å². The van der Waals surface area contributed by atoms with Crippen LogP contribution < -0.4 is 0 Å². The molecule has 0 bridgehead atoms. The molecule has 14 heavy (non-hydrogen) atoms. The van der Waals surface area contributed by atoms with E-state index in [9.17, 15) is 0 Å². The van der Waals surface area contributed by atoms with Crippen LogP contribution in [0.5, 0.6) is 0 Å². The predicted octanol–water partition coefficient (Wildman–Crippen LogP) is 2.41. The highest BCUT2D eigenvalue weighted by Gasteiger charge is 1.99. The quantitative estimate of drug-likeness (QED) is 0.464. The molecule has 0 saturated heterocycles. The smallest absolute Gasteiger partial charge is 0.0770 e. The van der Waals surface area contributed by atoms with Crippen molar-refractivity contribution in [3.63, 3.8) is 0 Å². The highest BCUT2D eigenvalue weighted by Crippen LogP contribution is 2.07. The molecular weight excluding hydrogens is 176 g/mol. The van der Waals surface area contributed by atoms with Crippen LogP contribution in [0.2, 0.25) is 0 Å². The summed E-state index contributed by atoms with van der Waals surface area (Å²) in [6, 6.07) is 0. The average Bonchev–Trinajstić information content (AvgIpc) is 2.21. The van der Waals surface area contributed by atoms with E-state index in [-0.39, 0.29) is 6.61 Å². The molecule has 1 atom stereocenters. The Kier molecular flexibility index (Phi) is 10.1. The summed E-state index contributed by atoms with van der Waals surface area (Å²) >= 11 is 0. The average molecular weight is 198 g/mol. The minimum atomic E-state index is -0.516. The minimum Gasteiger partial charge on any atom is -0.394 e. The van der Waals surface area contributed by atoms with E-state index < -0.39 is 6.10 Å². The number of allylic oxidation sites excluding steroid dienone is 1. The fourth-order valence-corrected chi connectivity index (χ4v) is 1.27. The summed E-state index contributed by atoms with van der Waals surface area (Å²) in [6.07, 6.45) is 9.80. The predicted molar refractivity (Wildman–Crippen MR) is 59.1 cm³/mol. The van der Waals surface area contributed by atoms with E-state index in [1.54, 1.807) is 0 Å². The normalized spacial score (nSPS) is 11.9. The third kappa shape index (κ3) is 9.53. The van der Waals surface area contributed by atoms with E-state index in [4.69, 9.17) is 10.2 Å². The van der Waals surface area contributed by atoms with Crippen LogP contribution in [-0.4, -0.2) is 22.9 Å². The van der Waals surface area contributed by atoms with E-state index in [1.807, 2.05) is 13.0 Å². The molecule has 0 rings (SSSR count). The van der Waals surface area contributed by atoms with Gasteiger partial charge in [0.1, 0.15) is 0 Å². The molecule has 0 saturated carbocycles. The van der Waals surface area contributed by atoms with Crippen LogP contribution in [0, 0.1) is 0 Å². The molecule has 2 N–H and O–H groups in total. The van der Waals surface area contributed by atoms with Crippen molar-refractivity contribution in [1.82, 2.24) is 0 Å². The SMILES string of the molecule is CC=C=CCCCCCCC(O)CO. The van der Waals surface area contributed by atoms with Crippen molar-refractivity contribution < 1.29 is 10.2 Å².